The molecule has 0 saturated heterocycles. The van der Waals surface area contributed by atoms with Crippen LogP contribution in [-0.2, 0) is 14.4 Å². The summed E-state index contributed by atoms with van der Waals surface area (Å²) in [6.45, 7) is 7.92. The number of rotatable bonds is 16. The molecular formula is C22H43N3O4. The number of carbonyl (C=O) groups is 3. The van der Waals surface area contributed by atoms with Gasteiger partial charge in [0, 0.05) is 24.9 Å². The van der Waals surface area contributed by atoms with Gasteiger partial charge >= 0.3 is 5.97 Å². The number of carbonyl (C=O) groups excluding carboxylic acids is 2. The molecule has 0 aromatic rings. The van der Waals surface area contributed by atoms with Crippen molar-refractivity contribution in [2.75, 3.05) is 0 Å². The summed E-state index contributed by atoms with van der Waals surface area (Å²) < 4.78 is 0. The molecule has 0 aliphatic heterocycles. The third kappa shape index (κ3) is 12.0. The predicted molar refractivity (Wildman–Crippen MR) is 116 cm³/mol. The molecule has 0 aromatic carbocycles. The molecule has 0 fully saturated rings. The molecule has 7 heteroatoms. The van der Waals surface area contributed by atoms with E-state index < -0.39 is 23.8 Å². The summed E-state index contributed by atoms with van der Waals surface area (Å²) in [7, 11) is 0. The fraction of sp³-hybridized carbons (Fsp3) is 0.864. The Bertz CT molecular complexity index is 466. The zero-order valence-electron chi connectivity index (χ0n) is 18.9. The average molecular weight is 414 g/mol. The van der Waals surface area contributed by atoms with Gasteiger partial charge in [0.1, 0.15) is 6.04 Å². The minimum absolute atomic E-state index is 0.0238. The summed E-state index contributed by atoms with van der Waals surface area (Å²) in [5, 5.41) is 9.70. The number of hydrogen-bond donors (Lipinski definition) is 3. The number of amides is 2. The molecule has 5 N–H and O–H groups in total. The highest BCUT2D eigenvalue weighted by atomic mass is 16.4. The van der Waals surface area contributed by atoms with Crippen LogP contribution in [0.3, 0.4) is 0 Å². The van der Waals surface area contributed by atoms with Crippen molar-refractivity contribution in [3.8, 4) is 0 Å². The van der Waals surface area contributed by atoms with Crippen molar-refractivity contribution in [1.82, 2.24) is 4.90 Å². The Hall–Kier alpha value is -1.47. The SMILES string of the molecule is CCCCCC(N)CC(=O)N(C(=O)C[C@@H](N)CCCCC)[C@@H](CC(C)C)C(=O)O. The first-order valence-corrected chi connectivity index (χ1v) is 11.2. The van der Waals surface area contributed by atoms with Crippen LogP contribution in [0.4, 0.5) is 0 Å². The summed E-state index contributed by atoms with van der Waals surface area (Å²) >= 11 is 0. The predicted octanol–water partition coefficient (Wildman–Crippen LogP) is 3.44. The van der Waals surface area contributed by atoms with Crippen molar-refractivity contribution in [3.05, 3.63) is 0 Å². The van der Waals surface area contributed by atoms with E-state index in [1.165, 1.54) is 0 Å². The minimum atomic E-state index is -1.18. The molecule has 2 amide bonds. The molecule has 0 spiro atoms. The van der Waals surface area contributed by atoms with Crippen LogP contribution in [-0.4, -0.2) is 45.9 Å². The van der Waals surface area contributed by atoms with Crippen LogP contribution >= 0.6 is 0 Å². The lowest BCUT2D eigenvalue weighted by atomic mass is 9.99. The maximum Gasteiger partial charge on any atom is 0.326 e. The summed E-state index contributed by atoms with van der Waals surface area (Å²) in [4.78, 5) is 38.6. The van der Waals surface area contributed by atoms with E-state index in [0.29, 0.717) is 12.8 Å². The molecule has 29 heavy (non-hydrogen) atoms. The van der Waals surface area contributed by atoms with Crippen LogP contribution in [0.1, 0.15) is 98.3 Å². The van der Waals surface area contributed by atoms with E-state index in [0.717, 1.165) is 43.4 Å². The Kier molecular flexibility index (Phi) is 14.6. The second-order valence-corrected chi connectivity index (χ2v) is 8.56. The summed E-state index contributed by atoms with van der Waals surface area (Å²) in [5.74, 6) is -2.16. The fourth-order valence-electron chi connectivity index (χ4n) is 3.41. The zero-order chi connectivity index (χ0) is 22.4. The first-order chi connectivity index (χ1) is 13.6. The lowest BCUT2D eigenvalue weighted by molar-refractivity contribution is -0.159. The van der Waals surface area contributed by atoms with Crippen LogP contribution in [0.15, 0.2) is 0 Å². The summed E-state index contributed by atoms with van der Waals surface area (Å²) in [5.41, 5.74) is 12.2. The maximum absolute atomic E-state index is 12.9. The number of unbranched alkanes of at least 4 members (excludes halogenated alkanes) is 4. The van der Waals surface area contributed by atoms with Crippen LogP contribution in [0.5, 0.6) is 0 Å². The van der Waals surface area contributed by atoms with Crippen LogP contribution < -0.4 is 11.5 Å². The molecule has 3 atom stereocenters. The Balaban J connectivity index is 5.28. The average Bonchev–Trinajstić information content (AvgIpc) is 2.61. The molecule has 0 bridgehead atoms. The molecule has 0 radical (unpaired) electrons. The van der Waals surface area contributed by atoms with Crippen LogP contribution in [0, 0.1) is 5.92 Å². The van der Waals surface area contributed by atoms with Gasteiger partial charge in [-0.15, -0.1) is 0 Å². The van der Waals surface area contributed by atoms with Crippen molar-refractivity contribution in [2.45, 2.75) is 116 Å². The molecule has 0 rings (SSSR count). The third-order valence-electron chi connectivity index (χ3n) is 5.06. The number of nitrogens with zero attached hydrogens (tertiary/aromatic N) is 1. The molecule has 0 aromatic heterocycles. The lowest BCUT2D eigenvalue weighted by Gasteiger charge is -2.30. The van der Waals surface area contributed by atoms with E-state index in [1.54, 1.807) is 0 Å². The lowest BCUT2D eigenvalue weighted by Crippen LogP contribution is -2.51. The molecule has 0 saturated carbocycles. The smallest absolute Gasteiger partial charge is 0.326 e. The number of carboxylic acid groups (broad SMARTS) is 1. The van der Waals surface area contributed by atoms with Crippen molar-refractivity contribution in [3.63, 3.8) is 0 Å². The standard InChI is InChI=1S/C22H43N3O4/c1-5-7-9-11-17(23)14-20(26)25(19(22(28)29)13-16(3)4)21(27)15-18(24)12-10-8-6-2/h16-19H,5-15,23-24H2,1-4H3,(H,28,29)/t17-,18?,19-/m0/s1. The molecular weight excluding hydrogens is 370 g/mol. The third-order valence-corrected chi connectivity index (χ3v) is 5.06. The molecule has 0 aliphatic rings. The molecule has 7 nitrogen and oxygen atoms in total. The molecule has 0 heterocycles. The number of hydrogen-bond acceptors (Lipinski definition) is 5. The minimum Gasteiger partial charge on any atom is -0.480 e. The summed E-state index contributed by atoms with van der Waals surface area (Å²) in [6.07, 6.45) is 7.51. The van der Waals surface area contributed by atoms with E-state index in [4.69, 9.17) is 11.5 Å². The highest BCUT2D eigenvalue weighted by Crippen LogP contribution is 2.18. The Morgan fingerprint density at radius 3 is 1.55 bits per heavy atom. The van der Waals surface area contributed by atoms with Crippen molar-refractivity contribution < 1.29 is 19.5 Å². The van der Waals surface area contributed by atoms with Crippen molar-refractivity contribution in [2.24, 2.45) is 17.4 Å². The molecule has 0 aliphatic carbocycles. The highest BCUT2D eigenvalue weighted by Gasteiger charge is 2.35. The van der Waals surface area contributed by atoms with Gasteiger partial charge in [-0.3, -0.25) is 14.5 Å². The number of aliphatic carboxylic acids is 1. The molecule has 1 unspecified atom stereocenters. The van der Waals surface area contributed by atoms with Gasteiger partial charge in [-0.05, 0) is 25.2 Å². The highest BCUT2D eigenvalue weighted by molar-refractivity contribution is 5.99. The van der Waals surface area contributed by atoms with Gasteiger partial charge in [-0.25, -0.2) is 4.79 Å². The Morgan fingerprint density at radius 1 is 0.828 bits per heavy atom. The van der Waals surface area contributed by atoms with Crippen molar-refractivity contribution >= 4 is 17.8 Å². The maximum atomic E-state index is 12.9. The van der Waals surface area contributed by atoms with Gasteiger partial charge in [-0.1, -0.05) is 66.2 Å². The van der Waals surface area contributed by atoms with E-state index in [1.807, 2.05) is 13.8 Å². The van der Waals surface area contributed by atoms with E-state index in [2.05, 4.69) is 13.8 Å². The first kappa shape index (κ1) is 27.5. The first-order valence-electron chi connectivity index (χ1n) is 11.2. The number of nitrogens with two attached hydrogens (primary N) is 2. The van der Waals surface area contributed by atoms with Crippen LogP contribution in [0.25, 0.3) is 0 Å². The van der Waals surface area contributed by atoms with E-state index >= 15 is 0 Å². The fourth-order valence-corrected chi connectivity index (χ4v) is 3.41. The van der Waals surface area contributed by atoms with Gasteiger partial charge in [-0.2, -0.15) is 0 Å². The normalized spacial score (nSPS) is 14.4. The monoisotopic (exact) mass is 413 g/mol. The van der Waals surface area contributed by atoms with E-state index in [-0.39, 0.29) is 37.3 Å². The van der Waals surface area contributed by atoms with Crippen LogP contribution in [0.2, 0.25) is 0 Å². The second-order valence-electron chi connectivity index (χ2n) is 8.56. The Morgan fingerprint density at radius 2 is 1.24 bits per heavy atom. The number of imide groups is 1. The number of carboxylic acids is 1. The van der Waals surface area contributed by atoms with Crippen molar-refractivity contribution in [1.29, 1.82) is 0 Å². The largest absolute Gasteiger partial charge is 0.480 e. The molecule has 170 valence electrons. The summed E-state index contributed by atoms with van der Waals surface area (Å²) in [6, 6.07) is -1.94. The van der Waals surface area contributed by atoms with Gasteiger partial charge in [0.25, 0.3) is 0 Å². The zero-order valence-corrected chi connectivity index (χ0v) is 18.9. The quantitative estimate of drug-likeness (QED) is 0.333. The van der Waals surface area contributed by atoms with Gasteiger partial charge in [0.2, 0.25) is 11.8 Å². The second kappa shape index (κ2) is 15.4. The van der Waals surface area contributed by atoms with Gasteiger partial charge in [0.15, 0.2) is 0 Å². The van der Waals surface area contributed by atoms with Gasteiger partial charge in [0.05, 0.1) is 0 Å². The topological polar surface area (TPSA) is 127 Å². The Labute approximate surface area is 176 Å². The van der Waals surface area contributed by atoms with Gasteiger partial charge < -0.3 is 16.6 Å². The van der Waals surface area contributed by atoms with E-state index in [9.17, 15) is 19.5 Å².